The minimum Gasteiger partial charge on any atom is -0.381 e. The third-order valence-electron chi connectivity index (χ3n) is 6.63. The number of primary amides is 1. The summed E-state index contributed by atoms with van der Waals surface area (Å²) in [6.07, 6.45) is 7.50. The van der Waals surface area contributed by atoms with Crippen LogP contribution >= 0.6 is 11.6 Å². The molecule has 0 spiro atoms. The van der Waals surface area contributed by atoms with E-state index in [0.29, 0.717) is 0 Å². The Kier molecular flexibility index (Phi) is 14.3. The molecule has 0 bridgehead atoms. The number of piperidine rings is 1. The van der Waals surface area contributed by atoms with Crippen LogP contribution in [-0.4, -0.2) is 53.6 Å². The highest BCUT2D eigenvalue weighted by molar-refractivity contribution is 7.86. The Balaban J connectivity index is 0.000000216. The van der Waals surface area contributed by atoms with Crippen LogP contribution in [0.1, 0.15) is 54.0 Å². The first kappa shape index (κ1) is 31.0. The minimum atomic E-state index is -1.36. The van der Waals surface area contributed by atoms with Gasteiger partial charge in [-0.1, -0.05) is 90.8 Å². The molecule has 4 rings (SSSR count). The number of likely N-dealkylation sites (tertiary alicyclic amines) is 1. The fourth-order valence-corrected chi connectivity index (χ4v) is 6.17. The van der Waals surface area contributed by atoms with Gasteiger partial charge in [0.25, 0.3) is 0 Å². The Morgan fingerprint density at radius 3 is 1.97 bits per heavy atom. The van der Waals surface area contributed by atoms with Crippen molar-refractivity contribution in [2.75, 3.05) is 38.6 Å². The van der Waals surface area contributed by atoms with E-state index in [9.17, 15) is 9.00 Å². The van der Waals surface area contributed by atoms with E-state index in [1.807, 2.05) is 72.8 Å². The highest BCUT2D eigenvalue weighted by atomic mass is 35.5. The third-order valence-corrected chi connectivity index (χ3v) is 8.52. The van der Waals surface area contributed by atoms with Gasteiger partial charge >= 0.3 is 0 Å². The van der Waals surface area contributed by atoms with Gasteiger partial charge in [0.15, 0.2) is 0 Å². The van der Waals surface area contributed by atoms with E-state index in [1.165, 1.54) is 50.9 Å². The second kappa shape index (κ2) is 18.0. The van der Waals surface area contributed by atoms with Crippen molar-refractivity contribution in [1.82, 2.24) is 4.90 Å². The smallest absolute Gasteiger partial charge is 0.230 e. The first-order valence-corrected chi connectivity index (χ1v) is 15.6. The fraction of sp³-hybridized carbons (Fsp3) is 0.406. The SMILES string of the molecule is Clc1ccc(CCCOCCCN2CCCCC2)cc1.NC(=O)CS(=O)C(c1ccccc1)c1ccccc1. The van der Waals surface area contributed by atoms with Crippen molar-refractivity contribution < 1.29 is 13.7 Å². The van der Waals surface area contributed by atoms with E-state index >= 15 is 0 Å². The Morgan fingerprint density at radius 1 is 0.846 bits per heavy atom. The number of nitrogens with zero attached hydrogens (tertiary/aromatic N) is 1. The first-order valence-electron chi connectivity index (χ1n) is 13.8. The summed E-state index contributed by atoms with van der Waals surface area (Å²) in [4.78, 5) is 13.6. The molecule has 3 aromatic carbocycles. The first-order chi connectivity index (χ1) is 19.0. The number of hydrogen-bond donors (Lipinski definition) is 1. The number of carbonyl (C=O) groups excluding carboxylic acids is 1. The van der Waals surface area contributed by atoms with Crippen molar-refractivity contribution in [3.05, 3.63) is 107 Å². The normalized spacial score (nSPS) is 14.4. The monoisotopic (exact) mass is 568 g/mol. The molecule has 0 radical (unpaired) electrons. The largest absolute Gasteiger partial charge is 0.381 e. The zero-order valence-corrected chi connectivity index (χ0v) is 24.3. The summed E-state index contributed by atoms with van der Waals surface area (Å²) in [5.74, 6) is -0.677. The van der Waals surface area contributed by atoms with Crippen LogP contribution in [0.5, 0.6) is 0 Å². The molecule has 5 nitrogen and oxygen atoms in total. The van der Waals surface area contributed by atoms with Gasteiger partial charge in [0.1, 0.15) is 5.75 Å². The Hall–Kier alpha value is -2.51. The number of aryl methyl sites for hydroxylation is 1. The summed E-state index contributed by atoms with van der Waals surface area (Å²) in [5, 5.41) is 0.484. The van der Waals surface area contributed by atoms with Gasteiger partial charge in [-0.25, -0.2) is 0 Å². The number of nitrogens with two attached hydrogens (primary N) is 1. The van der Waals surface area contributed by atoms with Crippen LogP contribution in [-0.2, 0) is 26.8 Å². The molecule has 39 heavy (non-hydrogen) atoms. The number of amides is 1. The number of ether oxygens (including phenoxy) is 1. The maximum absolute atomic E-state index is 12.4. The highest BCUT2D eigenvalue weighted by Crippen LogP contribution is 2.28. The number of halogens is 1. The maximum Gasteiger partial charge on any atom is 0.230 e. The average Bonchev–Trinajstić information content (AvgIpc) is 2.95. The molecule has 2 N–H and O–H groups in total. The quantitative estimate of drug-likeness (QED) is 0.250. The van der Waals surface area contributed by atoms with E-state index in [4.69, 9.17) is 22.1 Å². The van der Waals surface area contributed by atoms with Gasteiger partial charge < -0.3 is 15.4 Å². The number of carbonyl (C=O) groups is 1. The zero-order valence-electron chi connectivity index (χ0n) is 22.7. The fourth-order valence-electron chi connectivity index (χ4n) is 4.68. The van der Waals surface area contributed by atoms with Crippen LogP contribution in [0.3, 0.4) is 0 Å². The molecule has 1 heterocycles. The number of benzene rings is 3. The van der Waals surface area contributed by atoms with Gasteiger partial charge in [0, 0.05) is 35.6 Å². The van der Waals surface area contributed by atoms with Crippen molar-refractivity contribution >= 4 is 28.3 Å². The lowest BCUT2D eigenvalue weighted by molar-refractivity contribution is -0.115. The molecular weight excluding hydrogens is 528 g/mol. The topological polar surface area (TPSA) is 72.6 Å². The Morgan fingerprint density at radius 2 is 1.41 bits per heavy atom. The van der Waals surface area contributed by atoms with E-state index in [2.05, 4.69) is 17.0 Å². The zero-order chi connectivity index (χ0) is 27.7. The lowest BCUT2D eigenvalue weighted by atomic mass is 10.0. The van der Waals surface area contributed by atoms with Crippen LogP contribution in [0.4, 0.5) is 0 Å². The van der Waals surface area contributed by atoms with Gasteiger partial charge in [-0.2, -0.15) is 0 Å². The predicted molar refractivity (Wildman–Crippen MR) is 162 cm³/mol. The standard InChI is InChI=1S/C17H26ClNO.C15H15NO2S/c18-17-9-7-16(8-10-17)6-4-14-20-15-5-13-19-11-2-1-3-12-19;16-14(17)11-19(18)15(12-7-3-1-4-8-12)13-9-5-2-6-10-13/h7-10H,1-6,11-15H2;1-10,15H,11H2,(H2,16,17). The summed E-state index contributed by atoms with van der Waals surface area (Å²) >= 11 is 5.87. The molecule has 0 aliphatic carbocycles. The lowest BCUT2D eigenvalue weighted by Crippen LogP contribution is -2.31. The molecule has 1 amide bonds. The van der Waals surface area contributed by atoms with Crippen molar-refractivity contribution in [2.45, 2.75) is 43.8 Å². The third kappa shape index (κ3) is 12.0. The summed E-state index contributed by atoms with van der Waals surface area (Å²) in [6.45, 7) is 5.55. The van der Waals surface area contributed by atoms with E-state index in [-0.39, 0.29) is 11.0 Å². The second-order valence-electron chi connectivity index (χ2n) is 9.79. The van der Waals surface area contributed by atoms with E-state index in [0.717, 1.165) is 42.2 Å². The Labute approximate surface area is 241 Å². The van der Waals surface area contributed by atoms with Gasteiger partial charge in [-0.3, -0.25) is 9.00 Å². The van der Waals surface area contributed by atoms with Crippen LogP contribution in [0, 0.1) is 0 Å². The molecule has 0 aromatic heterocycles. The molecule has 1 fully saturated rings. The van der Waals surface area contributed by atoms with Crippen molar-refractivity contribution in [2.24, 2.45) is 5.73 Å². The summed E-state index contributed by atoms with van der Waals surface area (Å²) in [7, 11) is -1.36. The number of hydrogen-bond acceptors (Lipinski definition) is 4. The second-order valence-corrected chi connectivity index (χ2v) is 11.7. The molecule has 1 saturated heterocycles. The molecule has 0 saturated carbocycles. The van der Waals surface area contributed by atoms with E-state index in [1.54, 1.807) is 0 Å². The summed E-state index contributed by atoms with van der Waals surface area (Å²) in [5.41, 5.74) is 8.34. The molecule has 210 valence electrons. The molecule has 1 atom stereocenters. The van der Waals surface area contributed by atoms with Crippen LogP contribution < -0.4 is 5.73 Å². The summed E-state index contributed by atoms with van der Waals surface area (Å²) in [6, 6.07) is 27.1. The maximum atomic E-state index is 12.4. The lowest BCUT2D eigenvalue weighted by Gasteiger charge is -2.26. The predicted octanol–water partition coefficient (Wildman–Crippen LogP) is 6.18. The molecule has 7 heteroatoms. The number of rotatable bonds is 13. The van der Waals surface area contributed by atoms with Crippen LogP contribution in [0.25, 0.3) is 0 Å². The van der Waals surface area contributed by atoms with E-state index < -0.39 is 16.7 Å². The minimum absolute atomic E-state index is 0.131. The van der Waals surface area contributed by atoms with Crippen molar-refractivity contribution in [3.63, 3.8) is 0 Å². The highest BCUT2D eigenvalue weighted by Gasteiger charge is 2.22. The van der Waals surface area contributed by atoms with Crippen LogP contribution in [0.2, 0.25) is 5.02 Å². The van der Waals surface area contributed by atoms with Crippen molar-refractivity contribution in [1.29, 1.82) is 0 Å². The van der Waals surface area contributed by atoms with Crippen molar-refractivity contribution in [3.8, 4) is 0 Å². The molecular formula is C32H41ClN2O3S. The van der Waals surface area contributed by atoms with Gasteiger partial charge in [0.2, 0.25) is 5.91 Å². The van der Waals surface area contributed by atoms with Gasteiger partial charge in [-0.05, 0) is 74.0 Å². The Bertz CT molecular complexity index is 1070. The average molecular weight is 569 g/mol. The molecule has 1 unspecified atom stereocenters. The van der Waals surface area contributed by atoms with Gasteiger partial charge in [0.05, 0.1) is 5.25 Å². The molecule has 1 aliphatic rings. The molecule has 1 aliphatic heterocycles. The summed E-state index contributed by atoms with van der Waals surface area (Å²) < 4.78 is 18.1. The molecule has 3 aromatic rings. The van der Waals surface area contributed by atoms with Gasteiger partial charge in [-0.15, -0.1) is 0 Å². The van der Waals surface area contributed by atoms with Crippen LogP contribution in [0.15, 0.2) is 84.9 Å².